The van der Waals surface area contributed by atoms with Gasteiger partial charge in [0.1, 0.15) is 11.2 Å². The second-order valence-electron chi connectivity index (χ2n) is 17.3. The molecule has 0 aliphatic rings. The second kappa shape index (κ2) is 16.0. The van der Waals surface area contributed by atoms with E-state index in [2.05, 4.69) is 264 Å². The van der Waals surface area contributed by atoms with Gasteiger partial charge in [0.25, 0.3) is 0 Å². The minimum atomic E-state index is 0.893. The Hall–Kier alpha value is -8.92. The van der Waals surface area contributed by atoms with Gasteiger partial charge in [0, 0.05) is 49.6 Å². The number of hydrogen-bond donors (Lipinski definition) is 0. The fourth-order valence-electron chi connectivity index (χ4n) is 10.1. The molecule has 3 heteroatoms. The molecule has 0 unspecified atom stereocenters. The van der Waals surface area contributed by atoms with E-state index in [9.17, 15) is 0 Å². The van der Waals surface area contributed by atoms with Crippen molar-refractivity contribution in [3.63, 3.8) is 0 Å². The first-order valence-electron chi connectivity index (χ1n) is 22.9. The first kappa shape index (κ1) is 38.5. The average molecular weight is 855 g/mol. The molecule has 0 atom stereocenters. The lowest BCUT2D eigenvalue weighted by Crippen LogP contribution is -2.09. The molecule has 0 N–H and O–H groups in total. The molecule has 2 heterocycles. The summed E-state index contributed by atoms with van der Waals surface area (Å²) in [7, 11) is 0. The Morgan fingerprint density at radius 3 is 1.37 bits per heavy atom. The summed E-state index contributed by atoms with van der Waals surface area (Å²) in [5.41, 5.74) is 17.9. The number of aromatic nitrogens is 1. The van der Waals surface area contributed by atoms with Crippen molar-refractivity contribution in [3.05, 3.63) is 255 Å². The first-order valence-corrected chi connectivity index (χ1v) is 22.9. The van der Waals surface area contributed by atoms with Gasteiger partial charge in [0.2, 0.25) is 0 Å². The fourth-order valence-corrected chi connectivity index (χ4v) is 10.1. The Morgan fingerprint density at radius 1 is 0.299 bits per heavy atom. The average Bonchev–Trinajstić information content (AvgIpc) is 3.95. The summed E-state index contributed by atoms with van der Waals surface area (Å²) >= 11 is 0. The molecule has 13 rings (SSSR count). The molecule has 0 fully saturated rings. The molecule has 0 aliphatic carbocycles. The molecule has 13 aromatic rings. The number of rotatable bonds is 8. The zero-order valence-electron chi connectivity index (χ0n) is 36.6. The van der Waals surface area contributed by atoms with Gasteiger partial charge in [-0.25, -0.2) is 0 Å². The van der Waals surface area contributed by atoms with Crippen LogP contribution in [-0.4, -0.2) is 4.57 Å². The van der Waals surface area contributed by atoms with Gasteiger partial charge in [-0.2, -0.15) is 0 Å². The van der Waals surface area contributed by atoms with Gasteiger partial charge in [-0.15, -0.1) is 0 Å². The van der Waals surface area contributed by atoms with Crippen LogP contribution in [0.3, 0.4) is 0 Å². The van der Waals surface area contributed by atoms with Crippen LogP contribution in [0.15, 0.2) is 259 Å². The van der Waals surface area contributed by atoms with Crippen molar-refractivity contribution in [1.82, 2.24) is 4.57 Å². The van der Waals surface area contributed by atoms with Crippen molar-refractivity contribution in [2.24, 2.45) is 0 Å². The molecule has 2 aromatic heterocycles. The van der Waals surface area contributed by atoms with Gasteiger partial charge in [-0.05, 0) is 117 Å². The Morgan fingerprint density at radius 2 is 0.746 bits per heavy atom. The minimum absolute atomic E-state index is 0.893. The number of fused-ring (bicyclic) bond motifs is 8. The van der Waals surface area contributed by atoms with Gasteiger partial charge >= 0.3 is 0 Å². The fraction of sp³-hybridized carbons (Fsp3) is 0. The molecule has 0 saturated carbocycles. The lowest BCUT2D eigenvalue weighted by molar-refractivity contribution is 0.673. The van der Waals surface area contributed by atoms with Crippen molar-refractivity contribution in [3.8, 4) is 50.2 Å². The predicted octanol–water partition coefficient (Wildman–Crippen LogP) is 18.0. The van der Waals surface area contributed by atoms with Crippen LogP contribution in [0.25, 0.3) is 105 Å². The molecule has 0 radical (unpaired) electrons. The van der Waals surface area contributed by atoms with E-state index in [-0.39, 0.29) is 0 Å². The van der Waals surface area contributed by atoms with Crippen molar-refractivity contribution in [2.75, 3.05) is 4.90 Å². The van der Waals surface area contributed by atoms with E-state index < -0.39 is 0 Å². The van der Waals surface area contributed by atoms with Crippen LogP contribution in [0.5, 0.6) is 0 Å². The third-order valence-electron chi connectivity index (χ3n) is 13.4. The van der Waals surface area contributed by atoms with Crippen LogP contribution in [-0.2, 0) is 0 Å². The molecule has 314 valence electrons. The molecule has 67 heavy (non-hydrogen) atoms. The Balaban J connectivity index is 0.874. The summed E-state index contributed by atoms with van der Waals surface area (Å²) in [6, 6.07) is 91.8. The van der Waals surface area contributed by atoms with Gasteiger partial charge in [-0.1, -0.05) is 182 Å². The summed E-state index contributed by atoms with van der Waals surface area (Å²) in [6.07, 6.45) is 0. The normalized spacial score (nSPS) is 11.6. The van der Waals surface area contributed by atoms with Gasteiger partial charge in [-0.3, -0.25) is 0 Å². The van der Waals surface area contributed by atoms with E-state index in [4.69, 9.17) is 4.42 Å². The highest BCUT2D eigenvalue weighted by Crippen LogP contribution is 2.41. The smallest absolute Gasteiger partial charge is 0.143 e. The van der Waals surface area contributed by atoms with Gasteiger partial charge < -0.3 is 13.9 Å². The maximum absolute atomic E-state index is 6.57. The Bertz CT molecular complexity index is 3880. The number of nitrogens with zero attached hydrogens (tertiary/aromatic N) is 2. The van der Waals surface area contributed by atoms with Gasteiger partial charge in [0.15, 0.2) is 0 Å². The molecule has 0 bridgehead atoms. The second-order valence-corrected chi connectivity index (χ2v) is 17.3. The third kappa shape index (κ3) is 6.67. The van der Waals surface area contributed by atoms with Crippen molar-refractivity contribution in [1.29, 1.82) is 0 Å². The summed E-state index contributed by atoms with van der Waals surface area (Å²) < 4.78 is 8.98. The minimum Gasteiger partial charge on any atom is -0.455 e. The highest BCUT2D eigenvalue weighted by molar-refractivity contribution is 6.15. The lowest BCUT2D eigenvalue weighted by Gasteiger charge is -2.26. The van der Waals surface area contributed by atoms with E-state index in [0.717, 1.165) is 66.8 Å². The predicted molar refractivity (Wildman–Crippen MR) is 282 cm³/mol. The van der Waals surface area contributed by atoms with Crippen LogP contribution in [0.4, 0.5) is 17.1 Å². The van der Waals surface area contributed by atoms with Crippen molar-refractivity contribution >= 4 is 71.6 Å². The zero-order chi connectivity index (χ0) is 44.3. The molecule has 0 spiro atoms. The highest BCUT2D eigenvalue weighted by atomic mass is 16.3. The molecule has 0 saturated heterocycles. The lowest BCUT2D eigenvalue weighted by atomic mass is 9.99. The summed E-state index contributed by atoms with van der Waals surface area (Å²) in [5.74, 6) is 0. The Kier molecular flexibility index (Phi) is 9.17. The number of anilines is 3. The molecule has 0 amide bonds. The third-order valence-corrected chi connectivity index (χ3v) is 13.4. The van der Waals surface area contributed by atoms with Crippen molar-refractivity contribution < 1.29 is 4.42 Å². The monoisotopic (exact) mass is 854 g/mol. The first-order chi connectivity index (χ1) is 33.2. The molecular weight excluding hydrogens is 813 g/mol. The molecule has 0 aliphatic heterocycles. The summed E-state index contributed by atoms with van der Waals surface area (Å²) in [5, 5.41) is 7.09. The summed E-state index contributed by atoms with van der Waals surface area (Å²) in [6.45, 7) is 0. The van der Waals surface area contributed by atoms with Crippen LogP contribution < -0.4 is 4.90 Å². The largest absolute Gasteiger partial charge is 0.455 e. The van der Waals surface area contributed by atoms with E-state index in [1.165, 1.54) is 55.0 Å². The molecular formula is C64H42N2O. The quantitative estimate of drug-likeness (QED) is 0.152. The number of para-hydroxylation sites is 3. The van der Waals surface area contributed by atoms with Crippen LogP contribution >= 0.6 is 0 Å². The SMILES string of the molecule is c1ccc(-c2ccc(-c3ccc(N(c4ccc(-c5ccc6c(c5)oc5c7ccccc7ccc65)cc4)c4ccc(-c5ccccc5-n5c6ccccc6c6ccccc65)cc4)cc3)cc2)cc1. The zero-order valence-corrected chi connectivity index (χ0v) is 36.6. The molecule has 3 nitrogen and oxygen atoms in total. The van der Waals surface area contributed by atoms with E-state index in [0.29, 0.717) is 0 Å². The van der Waals surface area contributed by atoms with Crippen LogP contribution in [0.1, 0.15) is 0 Å². The van der Waals surface area contributed by atoms with Gasteiger partial charge in [0.05, 0.1) is 16.7 Å². The number of furan rings is 1. The number of benzene rings is 11. The number of hydrogen-bond acceptors (Lipinski definition) is 2. The maximum Gasteiger partial charge on any atom is 0.143 e. The topological polar surface area (TPSA) is 21.3 Å². The maximum atomic E-state index is 6.57. The summed E-state index contributed by atoms with van der Waals surface area (Å²) in [4.78, 5) is 2.35. The van der Waals surface area contributed by atoms with E-state index in [1.54, 1.807) is 0 Å². The Labute approximate surface area is 388 Å². The van der Waals surface area contributed by atoms with Crippen molar-refractivity contribution in [2.45, 2.75) is 0 Å². The standard InChI is InChI=1S/C64H42N2O/c1-2-12-43(13-3-1)44-22-24-45(25-23-44)46-26-34-51(35-27-46)65(52-36-28-47(29-37-52)50-33-40-58-59-41-32-48-14-4-5-16-55(48)64(59)67-63(58)42-50)53-38-30-49(31-39-53)54-15-6-9-19-60(54)66-61-20-10-7-17-56(61)57-18-8-11-21-62(57)66/h1-42H. The molecule has 11 aromatic carbocycles. The van der Waals surface area contributed by atoms with E-state index >= 15 is 0 Å². The van der Waals surface area contributed by atoms with Crippen LogP contribution in [0.2, 0.25) is 0 Å². The van der Waals surface area contributed by atoms with Crippen LogP contribution in [0, 0.1) is 0 Å². The highest BCUT2D eigenvalue weighted by Gasteiger charge is 2.18. The van der Waals surface area contributed by atoms with E-state index in [1.807, 2.05) is 0 Å².